The Balaban J connectivity index is 1.64. The van der Waals surface area contributed by atoms with Crippen LogP contribution in [0.5, 0.6) is 5.75 Å². The van der Waals surface area contributed by atoms with Crippen LogP contribution in [0.15, 0.2) is 36.4 Å². The summed E-state index contributed by atoms with van der Waals surface area (Å²) in [6.07, 6.45) is -3.36. The van der Waals surface area contributed by atoms with Crippen LogP contribution in [0.3, 0.4) is 0 Å². The zero-order valence-corrected chi connectivity index (χ0v) is 21.9. The molecule has 4 rings (SSSR count). The smallest absolute Gasteiger partial charge is 0.430 e. The SMILES string of the molecule is COc1cc(F)ccc1C1CNCCC12CCN(C(=O)C(OC)(c1cc(Cl)cc(Cl)c1)C(F)(F)F)CC2. The molecule has 2 heterocycles. The molecular formula is C26H28Cl2F4N2O3. The first kappa shape index (κ1) is 28.0. The average Bonchev–Trinajstić information content (AvgIpc) is 2.84. The van der Waals surface area contributed by atoms with Crippen LogP contribution < -0.4 is 10.1 Å². The van der Waals surface area contributed by atoms with Gasteiger partial charge in [0.25, 0.3) is 11.5 Å². The minimum absolute atomic E-state index is 0.0376. The highest BCUT2D eigenvalue weighted by Gasteiger charge is 2.64. The number of hydrogen-bond donors (Lipinski definition) is 1. The number of rotatable bonds is 5. The lowest BCUT2D eigenvalue weighted by Gasteiger charge is -2.51. The number of halogens is 6. The first-order chi connectivity index (χ1) is 17.5. The van der Waals surface area contributed by atoms with E-state index in [1.165, 1.54) is 30.2 Å². The van der Waals surface area contributed by atoms with Crippen molar-refractivity contribution in [1.29, 1.82) is 0 Å². The summed E-state index contributed by atoms with van der Waals surface area (Å²) in [5.41, 5.74) is -3.17. The second-order valence-corrected chi connectivity index (χ2v) is 10.5. The zero-order valence-electron chi connectivity index (χ0n) is 20.4. The lowest BCUT2D eigenvalue weighted by atomic mass is 9.62. The lowest BCUT2D eigenvalue weighted by molar-refractivity contribution is -0.271. The number of alkyl halides is 3. The fourth-order valence-corrected chi connectivity index (χ4v) is 6.38. The van der Waals surface area contributed by atoms with E-state index in [4.69, 9.17) is 32.7 Å². The van der Waals surface area contributed by atoms with Crippen molar-refractivity contribution in [3.63, 3.8) is 0 Å². The zero-order chi connectivity index (χ0) is 27.0. The Kier molecular flexibility index (Phi) is 8.00. The maximum absolute atomic E-state index is 14.6. The Morgan fingerprint density at radius 2 is 1.70 bits per heavy atom. The number of nitrogens with one attached hydrogen (secondary N) is 1. The van der Waals surface area contributed by atoms with Crippen LogP contribution in [0.4, 0.5) is 17.6 Å². The maximum atomic E-state index is 14.6. The van der Waals surface area contributed by atoms with Crippen LogP contribution in [-0.4, -0.2) is 57.4 Å². The van der Waals surface area contributed by atoms with Gasteiger partial charge in [0.05, 0.1) is 7.11 Å². The molecule has 0 radical (unpaired) electrons. The van der Waals surface area contributed by atoms with Crippen LogP contribution in [0.2, 0.25) is 10.0 Å². The first-order valence-electron chi connectivity index (χ1n) is 11.9. The Morgan fingerprint density at radius 1 is 1.05 bits per heavy atom. The highest BCUT2D eigenvalue weighted by molar-refractivity contribution is 6.34. The molecule has 2 aromatic rings. The Labute approximate surface area is 223 Å². The molecule has 2 aliphatic heterocycles. The number of hydrogen-bond acceptors (Lipinski definition) is 4. The van der Waals surface area contributed by atoms with Gasteiger partial charge in [0.1, 0.15) is 11.6 Å². The Bertz CT molecular complexity index is 1130. The monoisotopic (exact) mass is 562 g/mol. The van der Waals surface area contributed by atoms with Crippen LogP contribution in [0.1, 0.15) is 36.3 Å². The van der Waals surface area contributed by atoms with Crippen molar-refractivity contribution < 1.29 is 31.8 Å². The van der Waals surface area contributed by atoms with Gasteiger partial charge in [-0.15, -0.1) is 0 Å². The second kappa shape index (κ2) is 10.6. The van der Waals surface area contributed by atoms with Gasteiger partial charge in [-0.05, 0) is 61.1 Å². The van der Waals surface area contributed by atoms with Crippen molar-refractivity contribution >= 4 is 29.1 Å². The molecule has 1 N–H and O–H groups in total. The van der Waals surface area contributed by atoms with Gasteiger partial charge >= 0.3 is 6.18 Å². The van der Waals surface area contributed by atoms with Gasteiger partial charge in [-0.1, -0.05) is 29.3 Å². The molecule has 11 heteroatoms. The van der Waals surface area contributed by atoms with Crippen molar-refractivity contribution in [2.45, 2.75) is 37.0 Å². The molecule has 2 aliphatic rings. The number of amides is 1. The number of ether oxygens (including phenoxy) is 2. The molecule has 2 atom stereocenters. The van der Waals surface area contributed by atoms with Crippen LogP contribution in [0, 0.1) is 11.2 Å². The number of piperidine rings is 2. The van der Waals surface area contributed by atoms with E-state index < -0.39 is 29.1 Å². The highest BCUT2D eigenvalue weighted by atomic mass is 35.5. The molecule has 37 heavy (non-hydrogen) atoms. The molecule has 0 bridgehead atoms. The van der Waals surface area contributed by atoms with Crippen molar-refractivity contribution in [3.8, 4) is 5.75 Å². The van der Waals surface area contributed by atoms with Gasteiger partial charge in [0, 0.05) is 54.3 Å². The van der Waals surface area contributed by atoms with E-state index in [1.807, 2.05) is 0 Å². The molecule has 2 saturated heterocycles. The fourth-order valence-electron chi connectivity index (χ4n) is 5.85. The van der Waals surface area contributed by atoms with Gasteiger partial charge in [-0.2, -0.15) is 13.2 Å². The van der Waals surface area contributed by atoms with E-state index in [-0.39, 0.29) is 34.5 Å². The predicted molar refractivity (Wildman–Crippen MR) is 133 cm³/mol. The quantitative estimate of drug-likeness (QED) is 0.459. The summed E-state index contributed by atoms with van der Waals surface area (Å²) in [4.78, 5) is 14.8. The van der Waals surface area contributed by atoms with Gasteiger partial charge in [0.15, 0.2) is 0 Å². The van der Waals surface area contributed by atoms with Gasteiger partial charge < -0.3 is 19.7 Å². The van der Waals surface area contributed by atoms with Gasteiger partial charge in [-0.25, -0.2) is 4.39 Å². The number of likely N-dealkylation sites (tertiary alicyclic amines) is 1. The molecule has 1 amide bonds. The third-order valence-corrected chi connectivity index (χ3v) is 8.22. The molecule has 0 aliphatic carbocycles. The Hall–Kier alpha value is -2.07. The van der Waals surface area contributed by atoms with E-state index in [0.29, 0.717) is 25.1 Å². The summed E-state index contributed by atoms with van der Waals surface area (Å²) in [5.74, 6) is -1.25. The number of carbonyl (C=O) groups excluding carboxylic acids is 1. The summed E-state index contributed by atoms with van der Waals surface area (Å²) in [7, 11) is 2.33. The minimum Gasteiger partial charge on any atom is -0.496 e. The summed E-state index contributed by atoms with van der Waals surface area (Å²) >= 11 is 12.0. The van der Waals surface area contributed by atoms with Crippen LogP contribution in [-0.2, 0) is 15.1 Å². The third-order valence-electron chi connectivity index (χ3n) is 7.78. The topological polar surface area (TPSA) is 50.8 Å². The molecule has 0 aromatic heterocycles. The van der Waals surface area contributed by atoms with E-state index in [9.17, 15) is 22.4 Å². The summed E-state index contributed by atoms with van der Waals surface area (Å²) < 4.78 is 68.0. The first-order valence-corrected chi connectivity index (χ1v) is 12.6. The molecule has 2 aromatic carbocycles. The lowest BCUT2D eigenvalue weighted by Crippen LogP contribution is -2.59. The Morgan fingerprint density at radius 3 is 2.27 bits per heavy atom. The van der Waals surface area contributed by atoms with E-state index in [1.54, 1.807) is 6.07 Å². The van der Waals surface area contributed by atoms with E-state index >= 15 is 0 Å². The fraction of sp³-hybridized carbons (Fsp3) is 0.500. The standard InChI is InChI=1S/C26H28Cl2F4N2O3/c1-36-22-14-19(29)3-4-20(22)21-15-33-8-5-24(21)6-9-34(10-7-24)23(35)25(37-2,26(30,31)32)16-11-17(27)13-18(28)12-16/h3-4,11-14,21,33H,5-10,15H2,1-2H3. The van der Waals surface area contributed by atoms with Crippen LogP contribution >= 0.6 is 23.2 Å². The van der Waals surface area contributed by atoms with Crippen molar-refractivity contribution in [3.05, 3.63) is 63.4 Å². The average molecular weight is 563 g/mol. The number of methoxy groups -OCH3 is 2. The molecular weight excluding hydrogens is 535 g/mol. The molecule has 5 nitrogen and oxygen atoms in total. The third kappa shape index (κ3) is 5.03. The second-order valence-electron chi connectivity index (χ2n) is 9.59. The number of benzene rings is 2. The molecule has 2 unspecified atom stereocenters. The molecule has 0 saturated carbocycles. The van der Waals surface area contributed by atoms with Crippen LogP contribution in [0.25, 0.3) is 0 Å². The normalized spacial score (nSPS) is 21.5. The van der Waals surface area contributed by atoms with Crippen molar-refractivity contribution in [1.82, 2.24) is 10.2 Å². The summed E-state index contributed by atoms with van der Waals surface area (Å²) in [6, 6.07) is 7.82. The molecule has 2 fully saturated rings. The van der Waals surface area contributed by atoms with Gasteiger partial charge in [0.2, 0.25) is 0 Å². The summed E-state index contributed by atoms with van der Waals surface area (Å²) in [6.45, 7) is 1.56. The van der Waals surface area contributed by atoms with Crippen molar-refractivity contribution in [2.24, 2.45) is 5.41 Å². The van der Waals surface area contributed by atoms with E-state index in [2.05, 4.69) is 5.32 Å². The van der Waals surface area contributed by atoms with E-state index in [0.717, 1.165) is 37.8 Å². The number of nitrogens with zero attached hydrogens (tertiary/aromatic N) is 1. The summed E-state index contributed by atoms with van der Waals surface area (Å²) in [5, 5.41) is 3.29. The highest BCUT2D eigenvalue weighted by Crippen LogP contribution is 2.52. The maximum Gasteiger partial charge on any atom is 0.430 e. The minimum atomic E-state index is -5.07. The predicted octanol–water partition coefficient (Wildman–Crippen LogP) is 5.93. The number of carbonyl (C=O) groups is 1. The molecule has 202 valence electrons. The van der Waals surface area contributed by atoms with Crippen molar-refractivity contribution in [2.75, 3.05) is 40.4 Å². The molecule has 1 spiro atoms. The van der Waals surface area contributed by atoms with Gasteiger partial charge in [-0.3, -0.25) is 4.79 Å². The largest absolute Gasteiger partial charge is 0.496 e.